The minimum atomic E-state index is -4.84. The number of benzene rings is 1. The third kappa shape index (κ3) is 5.25. The van der Waals surface area contributed by atoms with Crippen molar-refractivity contribution in [2.45, 2.75) is 31.7 Å². The SMILES string of the molecule is O=C(CCOCCn1nc(C(F)(F)F)c2c(=O)[nH]ncc21)c1cccc2c1CCN2c1ncc(C(F)(F)F)cn1. The number of aromatic amines is 1. The predicted molar refractivity (Wildman–Crippen MR) is 127 cm³/mol. The van der Waals surface area contributed by atoms with Crippen LogP contribution in [0.2, 0.25) is 0 Å². The summed E-state index contributed by atoms with van der Waals surface area (Å²) in [4.78, 5) is 34.1. The van der Waals surface area contributed by atoms with Crippen LogP contribution in [0.25, 0.3) is 10.9 Å². The molecule has 1 aliphatic rings. The van der Waals surface area contributed by atoms with E-state index in [-0.39, 0.29) is 43.4 Å². The molecule has 0 bridgehead atoms. The molecule has 40 heavy (non-hydrogen) atoms. The van der Waals surface area contributed by atoms with E-state index < -0.39 is 34.6 Å². The fourth-order valence-electron chi connectivity index (χ4n) is 4.47. The molecule has 0 spiro atoms. The number of halogens is 6. The zero-order valence-corrected chi connectivity index (χ0v) is 20.4. The first kappa shape index (κ1) is 27.2. The van der Waals surface area contributed by atoms with E-state index in [1.54, 1.807) is 23.1 Å². The molecule has 0 atom stereocenters. The lowest BCUT2D eigenvalue weighted by molar-refractivity contribution is -0.140. The van der Waals surface area contributed by atoms with Crippen molar-refractivity contribution in [3.63, 3.8) is 0 Å². The van der Waals surface area contributed by atoms with Gasteiger partial charge in [0.1, 0.15) is 5.39 Å². The maximum absolute atomic E-state index is 13.3. The van der Waals surface area contributed by atoms with E-state index in [2.05, 4.69) is 20.2 Å². The number of hydrogen-bond acceptors (Lipinski definition) is 8. The fraction of sp³-hybridized carbons (Fsp3) is 0.333. The molecule has 0 fully saturated rings. The number of aromatic nitrogens is 6. The number of ketones is 1. The summed E-state index contributed by atoms with van der Waals surface area (Å²) >= 11 is 0. The summed E-state index contributed by atoms with van der Waals surface area (Å²) in [5.74, 6) is -0.164. The molecule has 0 saturated carbocycles. The van der Waals surface area contributed by atoms with Crippen molar-refractivity contribution in [3.8, 4) is 0 Å². The quantitative estimate of drug-likeness (QED) is 0.193. The number of carbonyl (C=O) groups excluding carboxylic acids is 1. The van der Waals surface area contributed by atoms with Gasteiger partial charge in [-0.2, -0.15) is 36.5 Å². The minimum Gasteiger partial charge on any atom is -0.379 e. The Kier molecular flexibility index (Phi) is 7.03. The fourth-order valence-corrected chi connectivity index (χ4v) is 4.47. The van der Waals surface area contributed by atoms with Gasteiger partial charge in [-0.3, -0.25) is 14.3 Å². The Morgan fingerprint density at radius 1 is 1.02 bits per heavy atom. The molecule has 0 aliphatic carbocycles. The van der Waals surface area contributed by atoms with Crippen LogP contribution in [0, 0.1) is 0 Å². The van der Waals surface area contributed by atoms with Crippen molar-refractivity contribution < 1.29 is 35.9 Å². The number of fused-ring (bicyclic) bond motifs is 2. The number of nitrogens with one attached hydrogen (secondary N) is 1. The van der Waals surface area contributed by atoms with Gasteiger partial charge >= 0.3 is 12.4 Å². The zero-order chi connectivity index (χ0) is 28.7. The lowest BCUT2D eigenvalue weighted by atomic mass is 10.00. The topological polar surface area (TPSA) is 119 Å². The highest BCUT2D eigenvalue weighted by Crippen LogP contribution is 2.36. The van der Waals surface area contributed by atoms with Crippen molar-refractivity contribution >= 4 is 28.3 Å². The molecule has 1 N–H and O–H groups in total. The Bertz CT molecular complexity index is 1610. The molecule has 3 aromatic heterocycles. The average molecular weight is 567 g/mol. The van der Waals surface area contributed by atoms with Gasteiger partial charge in [-0.15, -0.1) is 0 Å². The van der Waals surface area contributed by atoms with Crippen LogP contribution in [0.5, 0.6) is 0 Å². The lowest BCUT2D eigenvalue weighted by Crippen LogP contribution is -2.17. The van der Waals surface area contributed by atoms with E-state index in [0.717, 1.165) is 10.9 Å². The number of ether oxygens (including phenoxy) is 1. The van der Waals surface area contributed by atoms with Gasteiger partial charge in [0.2, 0.25) is 5.95 Å². The first-order valence-corrected chi connectivity index (χ1v) is 11.9. The van der Waals surface area contributed by atoms with E-state index in [1.807, 2.05) is 5.10 Å². The molecule has 1 aliphatic heterocycles. The van der Waals surface area contributed by atoms with Gasteiger partial charge in [-0.05, 0) is 18.1 Å². The van der Waals surface area contributed by atoms with Crippen LogP contribution in [-0.2, 0) is 30.1 Å². The summed E-state index contributed by atoms with van der Waals surface area (Å²) in [5.41, 5.74) is -1.66. The van der Waals surface area contributed by atoms with Crippen LogP contribution in [0.1, 0.15) is 33.6 Å². The molecule has 4 aromatic rings. The Morgan fingerprint density at radius 3 is 2.48 bits per heavy atom. The first-order chi connectivity index (χ1) is 18.9. The second-order valence-electron chi connectivity index (χ2n) is 8.79. The van der Waals surface area contributed by atoms with Gasteiger partial charge in [0.25, 0.3) is 5.56 Å². The summed E-state index contributed by atoms with van der Waals surface area (Å²) in [6.45, 7) is 0.143. The van der Waals surface area contributed by atoms with Gasteiger partial charge in [-0.25, -0.2) is 15.1 Å². The Morgan fingerprint density at radius 2 is 1.77 bits per heavy atom. The third-order valence-electron chi connectivity index (χ3n) is 6.30. The van der Waals surface area contributed by atoms with Crippen LogP contribution in [-0.4, -0.2) is 55.5 Å². The number of alkyl halides is 6. The number of H-pyrrole nitrogens is 1. The smallest absolute Gasteiger partial charge is 0.379 e. The number of anilines is 2. The Balaban J connectivity index is 1.21. The standard InChI is InChI=1S/C24H19F6N7O3/c25-23(26,27)13-10-31-22(32-11-13)36-6-4-14-15(2-1-3-16(14)36)18(38)5-8-40-9-7-37-17-12-33-34-21(39)19(17)20(35-37)24(28,29)30/h1-3,10-12H,4-9H2,(H,34,39). The average Bonchev–Trinajstić information content (AvgIpc) is 3.51. The molecular formula is C24H19F6N7O3. The molecule has 5 rings (SSSR count). The largest absolute Gasteiger partial charge is 0.435 e. The van der Waals surface area contributed by atoms with Gasteiger partial charge < -0.3 is 9.64 Å². The highest BCUT2D eigenvalue weighted by atomic mass is 19.4. The normalized spacial score (nSPS) is 13.7. The van der Waals surface area contributed by atoms with Gasteiger partial charge in [0.15, 0.2) is 11.5 Å². The van der Waals surface area contributed by atoms with Crippen molar-refractivity contribution in [2.24, 2.45) is 0 Å². The summed E-state index contributed by atoms with van der Waals surface area (Å²) in [6.07, 6.45) is -6.50. The molecule has 0 amide bonds. The van der Waals surface area contributed by atoms with E-state index in [4.69, 9.17) is 4.74 Å². The van der Waals surface area contributed by atoms with E-state index in [9.17, 15) is 35.9 Å². The molecule has 0 unspecified atom stereocenters. The van der Waals surface area contributed by atoms with Crippen molar-refractivity contribution in [1.82, 2.24) is 29.9 Å². The van der Waals surface area contributed by atoms with Gasteiger partial charge in [0, 0.05) is 36.6 Å². The maximum atomic E-state index is 13.3. The summed E-state index contributed by atoms with van der Waals surface area (Å²) in [6, 6.07) is 5.00. The molecule has 10 nitrogen and oxygen atoms in total. The number of carbonyl (C=O) groups is 1. The molecule has 0 radical (unpaired) electrons. The first-order valence-electron chi connectivity index (χ1n) is 11.9. The highest BCUT2D eigenvalue weighted by Gasteiger charge is 2.38. The third-order valence-corrected chi connectivity index (χ3v) is 6.30. The molecule has 0 saturated heterocycles. The lowest BCUT2D eigenvalue weighted by Gasteiger charge is -2.18. The van der Waals surface area contributed by atoms with Crippen LogP contribution >= 0.6 is 0 Å². The van der Waals surface area contributed by atoms with Gasteiger partial charge in [0.05, 0.1) is 37.0 Å². The predicted octanol–water partition coefficient (Wildman–Crippen LogP) is 3.93. The minimum absolute atomic E-state index is 0.0257. The summed E-state index contributed by atoms with van der Waals surface area (Å²) in [7, 11) is 0. The van der Waals surface area contributed by atoms with Crippen LogP contribution in [0.4, 0.5) is 38.0 Å². The second kappa shape index (κ2) is 10.3. The van der Waals surface area contributed by atoms with E-state index in [1.165, 1.54) is 0 Å². The second-order valence-corrected chi connectivity index (χ2v) is 8.79. The molecule has 1 aromatic carbocycles. The number of rotatable bonds is 8. The Labute approximate surface area is 220 Å². The van der Waals surface area contributed by atoms with E-state index >= 15 is 0 Å². The van der Waals surface area contributed by atoms with Crippen molar-refractivity contribution in [3.05, 3.63) is 69.5 Å². The highest BCUT2D eigenvalue weighted by molar-refractivity contribution is 5.99. The van der Waals surface area contributed by atoms with Crippen LogP contribution in [0.3, 0.4) is 0 Å². The maximum Gasteiger partial charge on any atom is 0.435 e. The van der Waals surface area contributed by atoms with Crippen LogP contribution in [0.15, 0.2) is 41.6 Å². The Hall–Kier alpha value is -4.34. The number of hydrogen-bond donors (Lipinski definition) is 1. The zero-order valence-electron chi connectivity index (χ0n) is 20.4. The molecular weight excluding hydrogens is 548 g/mol. The molecule has 210 valence electrons. The van der Waals surface area contributed by atoms with Crippen molar-refractivity contribution in [1.29, 1.82) is 0 Å². The number of nitrogens with zero attached hydrogens (tertiary/aromatic N) is 6. The van der Waals surface area contributed by atoms with Crippen molar-refractivity contribution in [2.75, 3.05) is 24.7 Å². The van der Waals surface area contributed by atoms with E-state index in [0.29, 0.717) is 42.2 Å². The molecule has 4 heterocycles. The summed E-state index contributed by atoms with van der Waals surface area (Å²) < 4.78 is 84.9. The monoisotopic (exact) mass is 567 g/mol. The summed E-state index contributed by atoms with van der Waals surface area (Å²) in [5, 5.41) is 8.38. The van der Waals surface area contributed by atoms with Gasteiger partial charge in [-0.1, -0.05) is 12.1 Å². The number of Topliss-reactive ketones (excluding diaryl/α,β-unsaturated/α-hetero) is 1. The molecule has 16 heteroatoms. The van der Waals surface area contributed by atoms with Crippen LogP contribution < -0.4 is 10.5 Å².